The summed E-state index contributed by atoms with van der Waals surface area (Å²) >= 11 is 15.2. The highest BCUT2D eigenvalue weighted by Crippen LogP contribution is 2.35. The van der Waals surface area contributed by atoms with Gasteiger partial charge in [0.05, 0.1) is 20.4 Å². The molecule has 0 radical (unpaired) electrons. The maximum Gasteiger partial charge on any atom is 0.0834 e. The first-order chi connectivity index (χ1) is 9.87. The zero-order valence-electron chi connectivity index (χ0n) is 13.7. The number of hydrogen-bond donors (Lipinski definition) is 2. The Kier molecular flexibility index (Phi) is 7.65. The van der Waals surface area contributed by atoms with Gasteiger partial charge in [-0.1, -0.05) is 44.7 Å². The van der Waals surface area contributed by atoms with Crippen molar-refractivity contribution in [1.82, 2.24) is 0 Å². The average molecular weight is 345 g/mol. The number of rotatable bonds is 10. The van der Waals surface area contributed by atoms with Gasteiger partial charge in [0.1, 0.15) is 0 Å². The SMILES string of the molecule is CCN(CC)c1c(NCCCCC(C)(C)CS)c(=S)c1=S. The van der Waals surface area contributed by atoms with Crippen molar-refractivity contribution in [3.63, 3.8) is 0 Å². The third kappa shape index (κ3) is 4.93. The predicted molar refractivity (Wildman–Crippen MR) is 104 cm³/mol. The maximum atomic E-state index is 5.39. The third-order valence-corrected chi connectivity index (χ3v) is 5.77. The van der Waals surface area contributed by atoms with Crippen LogP contribution in [0.2, 0.25) is 0 Å². The molecule has 1 rings (SSSR count). The highest BCUT2D eigenvalue weighted by atomic mass is 32.1. The van der Waals surface area contributed by atoms with Crippen LogP contribution in [0.25, 0.3) is 0 Å². The molecular formula is C16H28N2S3. The fourth-order valence-electron chi connectivity index (χ4n) is 2.41. The number of unbranched alkanes of at least 4 members (excludes halogenated alkanes) is 1. The van der Waals surface area contributed by atoms with Gasteiger partial charge in [-0.15, -0.1) is 0 Å². The molecule has 0 heterocycles. The molecule has 0 aliphatic carbocycles. The Balaban J connectivity index is 2.49. The lowest BCUT2D eigenvalue weighted by molar-refractivity contribution is 0.372. The molecule has 0 spiro atoms. The monoisotopic (exact) mass is 344 g/mol. The molecule has 0 atom stereocenters. The minimum absolute atomic E-state index is 0.335. The fourth-order valence-corrected chi connectivity index (χ4v) is 3.16. The molecule has 1 aromatic carbocycles. The summed E-state index contributed by atoms with van der Waals surface area (Å²) in [5.74, 6) is 0.941. The largest absolute Gasteiger partial charge is 0.382 e. The summed E-state index contributed by atoms with van der Waals surface area (Å²) in [7, 11) is 0. The van der Waals surface area contributed by atoms with Crippen LogP contribution in [0.15, 0.2) is 0 Å². The Morgan fingerprint density at radius 3 is 2.24 bits per heavy atom. The van der Waals surface area contributed by atoms with Crippen LogP contribution in [-0.2, 0) is 0 Å². The predicted octanol–water partition coefficient (Wildman–Crippen LogP) is 5.41. The number of nitrogens with zero attached hydrogens (tertiary/aromatic N) is 1. The van der Waals surface area contributed by atoms with Crippen LogP contribution in [0.5, 0.6) is 0 Å². The summed E-state index contributed by atoms with van der Waals surface area (Å²) in [5, 5.41) is 3.49. The van der Waals surface area contributed by atoms with Crippen molar-refractivity contribution in [3.8, 4) is 0 Å². The van der Waals surface area contributed by atoms with Gasteiger partial charge >= 0.3 is 0 Å². The summed E-state index contributed by atoms with van der Waals surface area (Å²) in [6.07, 6.45) is 3.58. The van der Waals surface area contributed by atoms with Crippen molar-refractivity contribution in [2.45, 2.75) is 47.0 Å². The van der Waals surface area contributed by atoms with E-state index in [0.29, 0.717) is 5.41 Å². The molecule has 0 aromatic heterocycles. The number of anilines is 2. The highest BCUT2D eigenvalue weighted by molar-refractivity contribution is 7.80. The molecule has 21 heavy (non-hydrogen) atoms. The summed E-state index contributed by atoms with van der Waals surface area (Å²) in [6.45, 7) is 11.7. The molecular weight excluding hydrogens is 316 g/mol. The van der Waals surface area contributed by atoms with Gasteiger partial charge in [-0.2, -0.15) is 12.6 Å². The molecule has 0 aliphatic heterocycles. The van der Waals surface area contributed by atoms with Crippen molar-refractivity contribution in [2.75, 3.05) is 35.6 Å². The van der Waals surface area contributed by atoms with Crippen molar-refractivity contribution < 1.29 is 0 Å². The molecule has 1 N–H and O–H groups in total. The lowest BCUT2D eigenvalue weighted by Crippen LogP contribution is -2.25. The van der Waals surface area contributed by atoms with Gasteiger partial charge in [-0.25, -0.2) is 0 Å². The van der Waals surface area contributed by atoms with Crippen molar-refractivity contribution >= 4 is 48.4 Å². The standard InChI is InChI=1S/C16H28N2S3/c1-5-18(6-2)13-12(14(20)15(13)21)17-10-8-7-9-16(3,4)11-19/h17,19H,5-11H2,1-4H3. The summed E-state index contributed by atoms with van der Waals surface area (Å²) in [6, 6.07) is 0. The zero-order chi connectivity index (χ0) is 16.0. The van der Waals surface area contributed by atoms with E-state index in [4.69, 9.17) is 24.4 Å². The van der Waals surface area contributed by atoms with Crippen LogP contribution in [0.3, 0.4) is 0 Å². The van der Waals surface area contributed by atoms with Gasteiger partial charge in [-0.05, 0) is 37.9 Å². The quantitative estimate of drug-likeness (QED) is 0.335. The lowest BCUT2D eigenvalue weighted by atomic mass is 9.89. The van der Waals surface area contributed by atoms with Crippen LogP contribution < -0.4 is 10.2 Å². The summed E-state index contributed by atoms with van der Waals surface area (Å²) in [4.78, 5) is 2.28. The van der Waals surface area contributed by atoms with E-state index in [2.05, 4.69) is 50.5 Å². The lowest BCUT2D eigenvalue weighted by Gasteiger charge is -2.27. The van der Waals surface area contributed by atoms with Gasteiger partial charge in [0.25, 0.3) is 0 Å². The van der Waals surface area contributed by atoms with E-state index in [1.807, 2.05) is 0 Å². The van der Waals surface area contributed by atoms with Crippen LogP contribution in [-0.4, -0.2) is 25.4 Å². The second-order valence-electron chi connectivity index (χ2n) is 6.26. The molecule has 0 fully saturated rings. The van der Waals surface area contributed by atoms with E-state index >= 15 is 0 Å². The second kappa shape index (κ2) is 8.49. The van der Waals surface area contributed by atoms with Crippen molar-refractivity contribution in [2.24, 2.45) is 5.41 Å². The first-order valence-corrected chi connectivity index (χ1v) is 9.25. The molecule has 120 valence electrons. The first kappa shape index (κ1) is 18.9. The molecule has 0 saturated carbocycles. The first-order valence-electron chi connectivity index (χ1n) is 7.81. The minimum atomic E-state index is 0.335. The van der Waals surface area contributed by atoms with E-state index in [9.17, 15) is 0 Å². The minimum Gasteiger partial charge on any atom is -0.382 e. The molecule has 0 bridgehead atoms. The highest BCUT2D eigenvalue weighted by Gasteiger charge is 2.19. The van der Waals surface area contributed by atoms with Gasteiger partial charge in [-0.3, -0.25) is 0 Å². The van der Waals surface area contributed by atoms with Gasteiger partial charge < -0.3 is 10.2 Å². The van der Waals surface area contributed by atoms with E-state index in [0.717, 1.165) is 52.2 Å². The molecule has 1 aromatic rings. The number of nitrogens with one attached hydrogen (secondary N) is 1. The normalized spacial score (nSPS) is 11.9. The fraction of sp³-hybridized carbons (Fsp3) is 0.750. The van der Waals surface area contributed by atoms with Crippen LogP contribution >= 0.6 is 37.1 Å². The Bertz CT molecular complexity index is 512. The molecule has 0 saturated heterocycles. The smallest absolute Gasteiger partial charge is 0.0834 e. The average Bonchev–Trinajstić information content (AvgIpc) is 2.48. The van der Waals surface area contributed by atoms with Crippen LogP contribution in [0.4, 0.5) is 11.4 Å². The van der Waals surface area contributed by atoms with Gasteiger partial charge in [0.15, 0.2) is 0 Å². The number of hydrogen-bond acceptors (Lipinski definition) is 5. The van der Waals surface area contributed by atoms with E-state index in [-0.39, 0.29) is 0 Å². The van der Waals surface area contributed by atoms with E-state index in [1.54, 1.807) is 0 Å². The van der Waals surface area contributed by atoms with Crippen molar-refractivity contribution in [1.29, 1.82) is 0 Å². The molecule has 5 heteroatoms. The van der Waals surface area contributed by atoms with Gasteiger partial charge in [0, 0.05) is 19.6 Å². The Morgan fingerprint density at radius 2 is 1.71 bits per heavy atom. The molecule has 2 nitrogen and oxygen atoms in total. The molecule has 0 aliphatic rings. The third-order valence-electron chi connectivity index (χ3n) is 3.97. The van der Waals surface area contributed by atoms with Crippen molar-refractivity contribution in [3.05, 3.63) is 9.02 Å². The second-order valence-corrected chi connectivity index (χ2v) is 7.39. The number of thiol groups is 1. The van der Waals surface area contributed by atoms with E-state index in [1.165, 1.54) is 12.8 Å². The Hall–Kier alpha value is -0.130. The summed E-state index contributed by atoms with van der Waals surface area (Å²) < 4.78 is 1.69. The Labute approximate surface area is 145 Å². The maximum absolute atomic E-state index is 5.39. The van der Waals surface area contributed by atoms with Gasteiger partial charge in [0.2, 0.25) is 0 Å². The Morgan fingerprint density at radius 1 is 1.10 bits per heavy atom. The molecule has 0 unspecified atom stereocenters. The van der Waals surface area contributed by atoms with Crippen LogP contribution in [0, 0.1) is 14.4 Å². The zero-order valence-corrected chi connectivity index (χ0v) is 16.2. The van der Waals surface area contributed by atoms with E-state index < -0.39 is 0 Å². The topological polar surface area (TPSA) is 15.3 Å². The summed E-state index contributed by atoms with van der Waals surface area (Å²) in [5.41, 5.74) is 2.57. The van der Waals surface area contributed by atoms with Crippen LogP contribution in [0.1, 0.15) is 47.0 Å². The molecule has 0 amide bonds.